The molecule has 1 fully saturated rings. The van der Waals surface area contributed by atoms with E-state index in [1.54, 1.807) is 0 Å². The summed E-state index contributed by atoms with van der Waals surface area (Å²) in [5, 5.41) is 69.5. The van der Waals surface area contributed by atoms with Crippen molar-refractivity contribution < 1.29 is 44.9 Å². The third-order valence-corrected chi connectivity index (χ3v) is 5.06. The number of aromatic hydroxyl groups is 4. The van der Waals surface area contributed by atoms with Crippen molar-refractivity contribution in [2.75, 3.05) is 6.61 Å². The molecule has 2 heterocycles. The largest absolute Gasteiger partial charge is 0.507 e. The molecule has 3 aromatic rings. The molecule has 10 heteroatoms. The Bertz CT molecular complexity index is 1180. The highest BCUT2D eigenvalue weighted by molar-refractivity contribution is 5.88. The second-order valence-electron chi connectivity index (χ2n) is 7.01. The Kier molecular flexibility index (Phi) is 4.79. The summed E-state index contributed by atoms with van der Waals surface area (Å²) in [4.78, 5) is 12.7. The normalized spacial score (nSPS) is 24.2. The topological polar surface area (TPSA) is 181 Å². The van der Waals surface area contributed by atoms with E-state index in [1.165, 1.54) is 18.2 Å². The fourth-order valence-corrected chi connectivity index (χ4v) is 3.46. The number of benzene rings is 2. The standard InChI is InChI=1S/C20H18O10/c21-8-2-1-7(3-9(8)22)13-4-10(23)15-14(30-13)5-11(24)16(18(15)27)20-19(28)17(26)12(25)6-29-20/h1-5,12,17,19-22,24-28H,6H2/t12-,17-,19+,20-/m0/s1. The summed E-state index contributed by atoms with van der Waals surface area (Å²) in [6.07, 6.45) is -6.01. The van der Waals surface area contributed by atoms with E-state index < -0.39 is 47.1 Å². The van der Waals surface area contributed by atoms with E-state index in [1.807, 2.05) is 0 Å². The summed E-state index contributed by atoms with van der Waals surface area (Å²) in [5.41, 5.74) is -0.947. The maximum absolute atomic E-state index is 12.7. The van der Waals surface area contributed by atoms with Gasteiger partial charge in [-0.2, -0.15) is 0 Å². The summed E-state index contributed by atoms with van der Waals surface area (Å²) in [7, 11) is 0. The van der Waals surface area contributed by atoms with Crippen LogP contribution in [0.4, 0.5) is 0 Å². The Labute approximate surface area is 168 Å². The van der Waals surface area contributed by atoms with Gasteiger partial charge in [0.25, 0.3) is 0 Å². The van der Waals surface area contributed by atoms with Crippen LogP contribution >= 0.6 is 0 Å². The van der Waals surface area contributed by atoms with Crippen molar-refractivity contribution in [1.29, 1.82) is 0 Å². The minimum atomic E-state index is -1.67. The molecule has 4 rings (SSSR count). The van der Waals surface area contributed by atoms with Crippen LogP contribution < -0.4 is 5.43 Å². The lowest BCUT2D eigenvalue weighted by Crippen LogP contribution is -2.49. The number of rotatable bonds is 2. The van der Waals surface area contributed by atoms with Crippen LogP contribution in [-0.2, 0) is 4.74 Å². The molecule has 0 radical (unpaired) electrons. The molecule has 1 aliphatic rings. The van der Waals surface area contributed by atoms with Gasteiger partial charge in [0, 0.05) is 17.7 Å². The molecule has 0 saturated carbocycles. The minimum absolute atomic E-state index is 0.00171. The van der Waals surface area contributed by atoms with Crippen LogP contribution in [0.1, 0.15) is 11.7 Å². The van der Waals surface area contributed by atoms with Crippen LogP contribution in [0.15, 0.2) is 39.5 Å². The second kappa shape index (κ2) is 7.18. The smallest absolute Gasteiger partial charge is 0.197 e. The Morgan fingerprint density at radius 3 is 2.30 bits per heavy atom. The lowest BCUT2D eigenvalue weighted by atomic mass is 9.92. The average Bonchev–Trinajstić information content (AvgIpc) is 2.69. The molecular weight excluding hydrogens is 400 g/mol. The van der Waals surface area contributed by atoms with Gasteiger partial charge in [-0.05, 0) is 18.2 Å². The zero-order valence-corrected chi connectivity index (χ0v) is 15.3. The average molecular weight is 418 g/mol. The summed E-state index contributed by atoms with van der Waals surface area (Å²) < 4.78 is 10.8. The molecule has 1 aliphatic heterocycles. The number of phenolic OH excluding ortho intramolecular Hbond substituents is 4. The predicted molar refractivity (Wildman–Crippen MR) is 101 cm³/mol. The second-order valence-corrected chi connectivity index (χ2v) is 7.01. The van der Waals surface area contributed by atoms with Crippen LogP contribution in [0.3, 0.4) is 0 Å². The first-order valence-electron chi connectivity index (χ1n) is 8.90. The van der Waals surface area contributed by atoms with Gasteiger partial charge in [0.05, 0.1) is 12.2 Å². The van der Waals surface area contributed by atoms with Gasteiger partial charge in [0.2, 0.25) is 0 Å². The number of fused-ring (bicyclic) bond motifs is 1. The molecule has 10 nitrogen and oxygen atoms in total. The fourth-order valence-electron chi connectivity index (χ4n) is 3.46. The molecule has 4 atom stereocenters. The summed E-state index contributed by atoms with van der Waals surface area (Å²) in [5.74, 6) is -2.06. The summed E-state index contributed by atoms with van der Waals surface area (Å²) in [6, 6.07) is 5.86. The third kappa shape index (κ3) is 3.12. The Morgan fingerprint density at radius 2 is 1.60 bits per heavy atom. The van der Waals surface area contributed by atoms with Crippen molar-refractivity contribution in [2.24, 2.45) is 0 Å². The van der Waals surface area contributed by atoms with E-state index in [9.17, 15) is 40.5 Å². The zero-order chi connectivity index (χ0) is 21.7. The molecule has 30 heavy (non-hydrogen) atoms. The number of ether oxygens (including phenoxy) is 1. The van der Waals surface area contributed by atoms with Gasteiger partial charge < -0.3 is 44.9 Å². The summed E-state index contributed by atoms with van der Waals surface area (Å²) in [6.45, 7) is -0.363. The van der Waals surface area contributed by atoms with Crippen molar-refractivity contribution >= 4 is 11.0 Å². The van der Waals surface area contributed by atoms with Gasteiger partial charge in [-0.15, -0.1) is 0 Å². The van der Waals surface area contributed by atoms with Crippen molar-refractivity contribution in [3.05, 3.63) is 46.1 Å². The fraction of sp³-hybridized carbons (Fsp3) is 0.250. The van der Waals surface area contributed by atoms with Gasteiger partial charge in [0.15, 0.2) is 16.9 Å². The van der Waals surface area contributed by atoms with E-state index in [4.69, 9.17) is 9.15 Å². The SMILES string of the molecule is O=c1cc(-c2ccc(O)c(O)c2)oc2cc(O)c([C@@H]3OC[C@H](O)[C@H](O)[C@H]3O)c(O)c12. The number of aliphatic hydroxyl groups is 3. The lowest BCUT2D eigenvalue weighted by molar-refractivity contribution is -0.189. The molecule has 2 aromatic carbocycles. The maximum Gasteiger partial charge on any atom is 0.197 e. The van der Waals surface area contributed by atoms with Gasteiger partial charge in [-0.25, -0.2) is 0 Å². The van der Waals surface area contributed by atoms with Crippen LogP contribution in [0.5, 0.6) is 23.0 Å². The Morgan fingerprint density at radius 1 is 0.867 bits per heavy atom. The molecule has 0 bridgehead atoms. The predicted octanol–water partition coefficient (Wildman–Crippen LogP) is 0.436. The molecule has 7 N–H and O–H groups in total. The van der Waals surface area contributed by atoms with Crippen molar-refractivity contribution in [3.63, 3.8) is 0 Å². The van der Waals surface area contributed by atoms with Crippen molar-refractivity contribution in [3.8, 4) is 34.3 Å². The highest BCUT2D eigenvalue weighted by atomic mass is 16.5. The van der Waals surface area contributed by atoms with Crippen LogP contribution in [0, 0.1) is 0 Å². The molecule has 1 saturated heterocycles. The number of hydrogen-bond acceptors (Lipinski definition) is 10. The van der Waals surface area contributed by atoms with Gasteiger partial charge in [-0.1, -0.05) is 0 Å². The molecule has 1 aromatic heterocycles. The van der Waals surface area contributed by atoms with E-state index in [2.05, 4.69) is 0 Å². The molecule has 0 amide bonds. The van der Waals surface area contributed by atoms with Crippen LogP contribution in [0.2, 0.25) is 0 Å². The quantitative estimate of drug-likeness (QED) is 0.288. The number of aliphatic hydroxyl groups excluding tert-OH is 3. The van der Waals surface area contributed by atoms with Crippen molar-refractivity contribution in [1.82, 2.24) is 0 Å². The summed E-state index contributed by atoms with van der Waals surface area (Å²) >= 11 is 0. The van der Waals surface area contributed by atoms with E-state index >= 15 is 0 Å². The third-order valence-electron chi connectivity index (χ3n) is 5.06. The molecule has 158 valence electrons. The van der Waals surface area contributed by atoms with Crippen LogP contribution in [-0.4, -0.2) is 60.7 Å². The maximum atomic E-state index is 12.7. The highest BCUT2D eigenvalue weighted by Crippen LogP contribution is 2.43. The molecule has 0 unspecified atom stereocenters. The first-order valence-corrected chi connectivity index (χ1v) is 8.90. The number of hydrogen-bond donors (Lipinski definition) is 7. The first kappa shape index (κ1) is 20.0. The van der Waals surface area contributed by atoms with Crippen LogP contribution in [0.25, 0.3) is 22.3 Å². The molecule has 0 aliphatic carbocycles. The molecule has 0 spiro atoms. The van der Waals surface area contributed by atoms with Gasteiger partial charge in [0.1, 0.15) is 52.6 Å². The minimum Gasteiger partial charge on any atom is -0.507 e. The van der Waals surface area contributed by atoms with Gasteiger partial charge >= 0.3 is 0 Å². The Hall–Kier alpha value is -3.31. The lowest BCUT2D eigenvalue weighted by Gasteiger charge is -2.35. The van der Waals surface area contributed by atoms with E-state index in [0.29, 0.717) is 0 Å². The Balaban J connectivity index is 1.86. The number of phenols is 4. The van der Waals surface area contributed by atoms with Crippen molar-refractivity contribution in [2.45, 2.75) is 24.4 Å². The highest BCUT2D eigenvalue weighted by Gasteiger charge is 2.41. The first-order chi connectivity index (χ1) is 14.2. The van der Waals surface area contributed by atoms with E-state index in [0.717, 1.165) is 12.1 Å². The molecular formula is C20H18O10. The van der Waals surface area contributed by atoms with Gasteiger partial charge in [-0.3, -0.25) is 4.79 Å². The monoisotopic (exact) mass is 418 g/mol. The van der Waals surface area contributed by atoms with E-state index in [-0.39, 0.29) is 40.2 Å². The zero-order valence-electron chi connectivity index (χ0n) is 15.3.